The van der Waals surface area contributed by atoms with Crippen LogP contribution in [0.25, 0.3) is 10.9 Å². The Balaban J connectivity index is 1.39. The van der Waals surface area contributed by atoms with Crippen molar-refractivity contribution in [3.05, 3.63) is 102 Å². The van der Waals surface area contributed by atoms with Gasteiger partial charge in [-0.05, 0) is 55.1 Å². The highest BCUT2D eigenvalue weighted by Crippen LogP contribution is 2.27. The van der Waals surface area contributed by atoms with Gasteiger partial charge in [0.05, 0.1) is 16.0 Å². The molecule has 1 saturated heterocycles. The van der Waals surface area contributed by atoms with E-state index in [1.807, 2.05) is 7.05 Å². The summed E-state index contributed by atoms with van der Waals surface area (Å²) in [7, 11) is -2.05. The second-order valence-electron chi connectivity index (χ2n) is 9.29. The number of amides is 2. The van der Waals surface area contributed by atoms with Gasteiger partial charge in [0.1, 0.15) is 5.82 Å². The number of hydrogen-bond acceptors (Lipinski definition) is 5. The van der Waals surface area contributed by atoms with Crippen molar-refractivity contribution in [2.45, 2.75) is 11.4 Å². The molecule has 0 atom stereocenters. The summed E-state index contributed by atoms with van der Waals surface area (Å²) in [6, 6.07) is 18.3. The lowest BCUT2D eigenvalue weighted by Crippen LogP contribution is -2.47. The number of likely N-dealkylation sites (N-methyl/N-ethyl adjacent to an activating group) is 1. The van der Waals surface area contributed by atoms with E-state index in [2.05, 4.69) is 10.2 Å². The minimum atomic E-state index is -4.05. The first kappa shape index (κ1) is 25.6. The van der Waals surface area contributed by atoms with E-state index in [1.165, 1.54) is 42.6 Å². The van der Waals surface area contributed by atoms with Crippen LogP contribution in [0.5, 0.6) is 0 Å². The Kier molecular flexibility index (Phi) is 7.00. The van der Waals surface area contributed by atoms with Crippen molar-refractivity contribution in [3.8, 4) is 0 Å². The zero-order valence-corrected chi connectivity index (χ0v) is 21.6. The highest BCUT2D eigenvalue weighted by molar-refractivity contribution is 7.90. The van der Waals surface area contributed by atoms with Crippen LogP contribution in [0.3, 0.4) is 0 Å². The van der Waals surface area contributed by atoms with Gasteiger partial charge >= 0.3 is 0 Å². The van der Waals surface area contributed by atoms with E-state index in [0.717, 1.165) is 22.6 Å². The smallest absolute Gasteiger partial charge is 0.268 e. The second kappa shape index (κ2) is 10.4. The van der Waals surface area contributed by atoms with Crippen molar-refractivity contribution in [3.63, 3.8) is 0 Å². The number of fused-ring (bicyclic) bond motifs is 1. The normalized spacial score (nSPS) is 14.5. The van der Waals surface area contributed by atoms with Gasteiger partial charge in [-0.1, -0.05) is 30.3 Å². The zero-order chi connectivity index (χ0) is 26.9. The van der Waals surface area contributed by atoms with E-state index in [-0.39, 0.29) is 34.6 Å². The zero-order valence-electron chi connectivity index (χ0n) is 20.8. The number of nitrogens with zero attached hydrogens (tertiary/aromatic N) is 3. The first-order chi connectivity index (χ1) is 18.2. The molecule has 3 aromatic carbocycles. The van der Waals surface area contributed by atoms with E-state index >= 15 is 0 Å². The Morgan fingerprint density at radius 2 is 1.55 bits per heavy atom. The lowest BCUT2D eigenvalue weighted by atomic mass is 10.1. The molecule has 5 rings (SSSR count). The fourth-order valence-electron chi connectivity index (χ4n) is 4.48. The average molecular weight is 535 g/mol. The van der Waals surface area contributed by atoms with Crippen LogP contribution in [0.4, 0.5) is 4.39 Å². The highest BCUT2D eigenvalue weighted by Gasteiger charge is 2.27. The van der Waals surface area contributed by atoms with Crippen molar-refractivity contribution >= 4 is 32.7 Å². The van der Waals surface area contributed by atoms with Gasteiger partial charge in [0, 0.05) is 49.9 Å². The Morgan fingerprint density at radius 3 is 2.24 bits per heavy atom. The molecule has 0 saturated carbocycles. The summed E-state index contributed by atoms with van der Waals surface area (Å²) in [6.07, 6.45) is 1.39. The van der Waals surface area contributed by atoms with E-state index in [9.17, 15) is 22.4 Å². The second-order valence-corrected chi connectivity index (χ2v) is 11.1. The predicted octanol–water partition coefficient (Wildman–Crippen LogP) is 3.34. The molecule has 38 heavy (non-hydrogen) atoms. The van der Waals surface area contributed by atoms with Crippen molar-refractivity contribution in [1.29, 1.82) is 0 Å². The molecule has 10 heteroatoms. The minimum absolute atomic E-state index is 0.00747. The number of piperazine rings is 1. The number of carbonyl (C=O) groups is 2. The molecular formula is C28H27FN4O4S. The third-order valence-electron chi connectivity index (χ3n) is 6.74. The third-order valence-corrected chi connectivity index (χ3v) is 8.43. The third kappa shape index (κ3) is 5.05. The molecule has 8 nitrogen and oxygen atoms in total. The number of para-hydroxylation sites is 1. The summed E-state index contributed by atoms with van der Waals surface area (Å²) >= 11 is 0. The first-order valence-electron chi connectivity index (χ1n) is 12.2. The van der Waals surface area contributed by atoms with E-state index in [0.29, 0.717) is 29.6 Å². The van der Waals surface area contributed by atoms with E-state index < -0.39 is 10.0 Å². The molecule has 0 radical (unpaired) electrons. The molecule has 2 amide bonds. The lowest BCUT2D eigenvalue weighted by molar-refractivity contribution is 0.0666. The molecule has 0 spiro atoms. The topological polar surface area (TPSA) is 91.7 Å². The van der Waals surface area contributed by atoms with Gasteiger partial charge in [-0.15, -0.1) is 0 Å². The Labute approximate surface area is 220 Å². The summed E-state index contributed by atoms with van der Waals surface area (Å²) in [6.45, 7) is 2.87. The predicted molar refractivity (Wildman–Crippen MR) is 142 cm³/mol. The number of benzene rings is 3. The minimum Gasteiger partial charge on any atom is -0.348 e. The largest absolute Gasteiger partial charge is 0.348 e. The van der Waals surface area contributed by atoms with Crippen LogP contribution in [0.2, 0.25) is 0 Å². The van der Waals surface area contributed by atoms with Gasteiger partial charge < -0.3 is 15.1 Å². The van der Waals surface area contributed by atoms with Gasteiger partial charge in [0.25, 0.3) is 21.8 Å². The van der Waals surface area contributed by atoms with E-state index in [1.54, 1.807) is 41.3 Å². The molecule has 196 valence electrons. The van der Waals surface area contributed by atoms with Gasteiger partial charge in [0.15, 0.2) is 0 Å². The maximum absolute atomic E-state index is 13.6. The van der Waals surface area contributed by atoms with E-state index in [4.69, 9.17) is 0 Å². The molecule has 0 unspecified atom stereocenters. The fourth-order valence-corrected chi connectivity index (χ4v) is 5.85. The van der Waals surface area contributed by atoms with Crippen molar-refractivity contribution < 1.29 is 22.4 Å². The number of hydrogen-bond donors (Lipinski definition) is 1. The standard InChI is InChI=1S/C28H27FN4O4S/c1-31-14-16-32(17-15-31)28(35)25-19-33(26-5-3-2-4-24(25)26)38(36,37)23-12-8-21(9-13-23)27(34)30-18-20-6-10-22(29)11-7-20/h2-13,19H,14-18H2,1H3,(H,30,34). The maximum atomic E-state index is 13.6. The SMILES string of the molecule is CN1CCN(C(=O)c2cn(S(=O)(=O)c3ccc(C(=O)NCc4ccc(F)cc4)cc3)c3ccccc23)CC1. The Morgan fingerprint density at radius 1 is 0.895 bits per heavy atom. The molecular weight excluding hydrogens is 507 g/mol. The van der Waals surface area contributed by atoms with Gasteiger partial charge in [0.2, 0.25) is 0 Å². The van der Waals surface area contributed by atoms with Gasteiger partial charge in [-0.2, -0.15) is 0 Å². The number of carbonyl (C=O) groups excluding carboxylic acids is 2. The van der Waals surface area contributed by atoms with Crippen LogP contribution in [0, 0.1) is 5.82 Å². The molecule has 1 aliphatic heterocycles. The molecule has 1 fully saturated rings. The summed E-state index contributed by atoms with van der Waals surface area (Å²) in [5, 5.41) is 3.30. The van der Waals surface area contributed by atoms with Crippen molar-refractivity contribution in [1.82, 2.24) is 19.1 Å². The van der Waals surface area contributed by atoms with Gasteiger partial charge in [-0.3, -0.25) is 9.59 Å². The van der Waals surface area contributed by atoms with Crippen molar-refractivity contribution in [2.75, 3.05) is 33.2 Å². The van der Waals surface area contributed by atoms with Crippen LogP contribution >= 0.6 is 0 Å². The first-order valence-corrected chi connectivity index (χ1v) is 13.6. The number of rotatable bonds is 6. The lowest BCUT2D eigenvalue weighted by Gasteiger charge is -2.32. The molecule has 1 aromatic heterocycles. The summed E-state index contributed by atoms with van der Waals surface area (Å²) in [5.41, 5.74) is 1.77. The van der Waals surface area contributed by atoms with Crippen LogP contribution < -0.4 is 5.32 Å². The van der Waals surface area contributed by atoms with Crippen LogP contribution in [-0.4, -0.2) is 67.2 Å². The monoisotopic (exact) mass is 534 g/mol. The molecule has 4 aromatic rings. The molecule has 1 aliphatic rings. The molecule has 1 N–H and O–H groups in total. The quantitative estimate of drug-likeness (QED) is 0.410. The van der Waals surface area contributed by atoms with Crippen LogP contribution in [0.1, 0.15) is 26.3 Å². The fraction of sp³-hybridized carbons (Fsp3) is 0.214. The maximum Gasteiger partial charge on any atom is 0.268 e. The van der Waals surface area contributed by atoms with Crippen molar-refractivity contribution in [2.24, 2.45) is 0 Å². The van der Waals surface area contributed by atoms with Crippen LogP contribution in [0.15, 0.2) is 83.9 Å². The number of halogens is 1. The highest BCUT2D eigenvalue weighted by atomic mass is 32.2. The summed E-state index contributed by atoms with van der Waals surface area (Å²) in [5.74, 6) is -0.940. The Hall–Kier alpha value is -4.02. The summed E-state index contributed by atoms with van der Waals surface area (Å²) < 4.78 is 41.5. The number of nitrogens with one attached hydrogen (secondary N) is 1. The summed E-state index contributed by atoms with van der Waals surface area (Å²) in [4.78, 5) is 29.8. The molecule has 2 heterocycles. The average Bonchev–Trinajstić information content (AvgIpc) is 3.33. The van der Waals surface area contributed by atoms with Crippen LogP contribution in [-0.2, 0) is 16.6 Å². The Bertz CT molecular complexity index is 1590. The van der Waals surface area contributed by atoms with Gasteiger partial charge in [-0.25, -0.2) is 16.8 Å². The molecule has 0 bridgehead atoms. The molecule has 0 aliphatic carbocycles. The number of aromatic nitrogens is 1.